The van der Waals surface area contributed by atoms with Crippen LogP contribution in [0, 0.1) is 11.8 Å². The average Bonchev–Trinajstić information content (AvgIpc) is 2.27. The Bertz CT molecular complexity index is 193. The lowest BCUT2D eigenvalue weighted by atomic mass is 9.99. The van der Waals surface area contributed by atoms with Crippen molar-refractivity contribution in [3.8, 4) is 0 Å². The monoisotopic (exact) mass is 233 g/mol. The molecule has 1 N–H and O–H groups in total. The van der Waals surface area contributed by atoms with Crippen LogP contribution >= 0.6 is 11.6 Å². The van der Waals surface area contributed by atoms with Gasteiger partial charge in [0.1, 0.15) is 0 Å². The first-order valence-corrected chi connectivity index (χ1v) is 6.19. The Kier molecular flexibility index (Phi) is 6.03. The molecular weight excluding hydrogens is 214 g/mol. The van der Waals surface area contributed by atoms with Crippen LogP contribution < -0.4 is 5.32 Å². The zero-order valence-corrected chi connectivity index (χ0v) is 10.1. The van der Waals surface area contributed by atoms with Crippen LogP contribution in [0.4, 0.5) is 0 Å². The van der Waals surface area contributed by atoms with E-state index >= 15 is 0 Å². The fourth-order valence-corrected chi connectivity index (χ4v) is 2.04. The van der Waals surface area contributed by atoms with Crippen LogP contribution in [0.25, 0.3) is 0 Å². The Morgan fingerprint density at radius 2 is 2.20 bits per heavy atom. The lowest BCUT2D eigenvalue weighted by Gasteiger charge is -2.22. The predicted octanol–water partition coefficient (Wildman–Crippen LogP) is 1.79. The van der Waals surface area contributed by atoms with E-state index < -0.39 is 0 Å². The molecule has 1 fully saturated rings. The van der Waals surface area contributed by atoms with E-state index in [9.17, 15) is 4.79 Å². The van der Waals surface area contributed by atoms with Gasteiger partial charge in [-0.05, 0) is 25.2 Å². The molecule has 0 radical (unpaired) electrons. The van der Waals surface area contributed by atoms with E-state index in [-0.39, 0.29) is 11.8 Å². The minimum atomic E-state index is 0.155. The molecule has 1 aliphatic heterocycles. The molecule has 0 aromatic carbocycles. The van der Waals surface area contributed by atoms with Crippen molar-refractivity contribution < 1.29 is 9.53 Å². The first-order valence-electron chi connectivity index (χ1n) is 5.65. The van der Waals surface area contributed by atoms with Crippen LogP contribution in [0.5, 0.6) is 0 Å². The third-order valence-electron chi connectivity index (χ3n) is 2.82. The summed E-state index contributed by atoms with van der Waals surface area (Å²) in [6.45, 7) is 4.28. The smallest absolute Gasteiger partial charge is 0.223 e. The number of hydrogen-bond donors (Lipinski definition) is 1. The van der Waals surface area contributed by atoms with Crippen molar-refractivity contribution >= 4 is 17.5 Å². The molecule has 0 bridgehead atoms. The van der Waals surface area contributed by atoms with Gasteiger partial charge < -0.3 is 10.1 Å². The van der Waals surface area contributed by atoms with Gasteiger partial charge in [-0.2, -0.15) is 0 Å². The quantitative estimate of drug-likeness (QED) is 0.736. The molecule has 1 unspecified atom stereocenters. The van der Waals surface area contributed by atoms with Gasteiger partial charge in [-0.1, -0.05) is 6.92 Å². The van der Waals surface area contributed by atoms with Gasteiger partial charge in [-0.25, -0.2) is 0 Å². The van der Waals surface area contributed by atoms with Crippen molar-refractivity contribution in [3.05, 3.63) is 0 Å². The maximum atomic E-state index is 11.7. The molecule has 0 aliphatic carbocycles. The first-order chi connectivity index (χ1) is 7.24. The van der Waals surface area contributed by atoms with Crippen LogP contribution in [0.3, 0.4) is 0 Å². The minimum Gasteiger partial charge on any atom is -0.381 e. The van der Waals surface area contributed by atoms with E-state index in [4.69, 9.17) is 16.3 Å². The Hall–Kier alpha value is -0.280. The molecule has 1 atom stereocenters. The van der Waals surface area contributed by atoms with Crippen molar-refractivity contribution in [1.82, 2.24) is 5.32 Å². The van der Waals surface area contributed by atoms with Crippen molar-refractivity contribution in [2.75, 3.05) is 25.6 Å². The van der Waals surface area contributed by atoms with Crippen molar-refractivity contribution in [2.24, 2.45) is 11.8 Å². The van der Waals surface area contributed by atoms with Gasteiger partial charge in [0.05, 0.1) is 0 Å². The third-order valence-corrected chi connectivity index (χ3v) is 3.04. The Morgan fingerprint density at radius 1 is 1.53 bits per heavy atom. The van der Waals surface area contributed by atoms with Gasteiger partial charge in [0.15, 0.2) is 0 Å². The van der Waals surface area contributed by atoms with E-state index in [0.29, 0.717) is 11.8 Å². The zero-order valence-electron chi connectivity index (χ0n) is 9.30. The molecular formula is C11H20ClNO2. The number of hydrogen-bond acceptors (Lipinski definition) is 2. The van der Waals surface area contributed by atoms with Crippen molar-refractivity contribution in [2.45, 2.75) is 26.2 Å². The highest BCUT2D eigenvalue weighted by molar-refractivity contribution is 6.17. The number of amides is 1. The van der Waals surface area contributed by atoms with E-state index in [1.165, 1.54) is 0 Å². The number of halogens is 1. The number of nitrogens with one attached hydrogen (secondary N) is 1. The third kappa shape index (κ3) is 4.85. The van der Waals surface area contributed by atoms with Gasteiger partial charge >= 0.3 is 0 Å². The van der Waals surface area contributed by atoms with E-state index in [1.807, 2.05) is 0 Å². The Labute approximate surface area is 96.5 Å². The number of ether oxygens (including phenoxy) is 1. The summed E-state index contributed by atoms with van der Waals surface area (Å²) < 4.78 is 5.22. The number of alkyl halides is 1. The van der Waals surface area contributed by atoms with Gasteiger partial charge in [0, 0.05) is 31.6 Å². The molecule has 3 nitrogen and oxygen atoms in total. The highest BCUT2D eigenvalue weighted by Crippen LogP contribution is 2.14. The van der Waals surface area contributed by atoms with Gasteiger partial charge in [-0.3, -0.25) is 4.79 Å². The molecule has 1 aliphatic rings. The molecule has 1 rings (SSSR count). The predicted molar refractivity (Wildman–Crippen MR) is 61.1 cm³/mol. The maximum absolute atomic E-state index is 11.7. The second-order valence-electron chi connectivity index (χ2n) is 4.21. The molecule has 15 heavy (non-hydrogen) atoms. The van der Waals surface area contributed by atoms with Crippen LogP contribution in [-0.2, 0) is 9.53 Å². The largest absolute Gasteiger partial charge is 0.381 e. The molecule has 0 spiro atoms. The second-order valence-corrected chi connectivity index (χ2v) is 4.59. The highest BCUT2D eigenvalue weighted by Gasteiger charge is 2.21. The molecule has 1 amide bonds. The fourth-order valence-electron chi connectivity index (χ4n) is 1.67. The van der Waals surface area contributed by atoms with Crippen molar-refractivity contribution in [3.63, 3.8) is 0 Å². The molecule has 0 saturated carbocycles. The molecule has 0 aromatic heterocycles. The summed E-state index contributed by atoms with van der Waals surface area (Å²) >= 11 is 5.63. The standard InChI is InChI=1S/C11H20ClNO2/c1-9(2-5-12)8-13-11(14)10-3-6-15-7-4-10/h9-10H,2-8H2,1H3,(H,13,14). The number of carbonyl (C=O) groups is 1. The lowest BCUT2D eigenvalue weighted by molar-refractivity contribution is -0.128. The van der Waals surface area contributed by atoms with Crippen LogP contribution in [0.2, 0.25) is 0 Å². The molecule has 4 heteroatoms. The van der Waals surface area contributed by atoms with Crippen LogP contribution in [-0.4, -0.2) is 31.5 Å². The maximum Gasteiger partial charge on any atom is 0.223 e. The summed E-state index contributed by atoms with van der Waals surface area (Å²) in [6.07, 6.45) is 2.67. The summed E-state index contributed by atoms with van der Waals surface area (Å²) in [5.41, 5.74) is 0. The van der Waals surface area contributed by atoms with Crippen LogP contribution in [0.1, 0.15) is 26.2 Å². The van der Waals surface area contributed by atoms with E-state index in [0.717, 1.165) is 39.0 Å². The Morgan fingerprint density at radius 3 is 2.80 bits per heavy atom. The van der Waals surface area contributed by atoms with Crippen molar-refractivity contribution in [1.29, 1.82) is 0 Å². The minimum absolute atomic E-state index is 0.155. The van der Waals surface area contributed by atoms with Gasteiger partial charge in [0.25, 0.3) is 0 Å². The number of rotatable bonds is 5. The first kappa shape index (κ1) is 12.8. The lowest BCUT2D eigenvalue weighted by Crippen LogP contribution is -2.36. The summed E-state index contributed by atoms with van der Waals surface area (Å²) in [4.78, 5) is 11.7. The van der Waals surface area contributed by atoms with Gasteiger partial charge in [0.2, 0.25) is 5.91 Å². The van der Waals surface area contributed by atoms with E-state index in [1.54, 1.807) is 0 Å². The normalized spacial score (nSPS) is 19.9. The number of carbonyl (C=O) groups excluding carboxylic acids is 1. The SMILES string of the molecule is CC(CCCl)CNC(=O)C1CCOCC1. The zero-order chi connectivity index (χ0) is 11.1. The summed E-state index contributed by atoms with van der Waals surface area (Å²) in [5.74, 6) is 1.46. The Balaban J connectivity index is 2.16. The molecule has 1 heterocycles. The van der Waals surface area contributed by atoms with Crippen LogP contribution in [0.15, 0.2) is 0 Å². The molecule has 1 saturated heterocycles. The fraction of sp³-hybridized carbons (Fsp3) is 0.909. The topological polar surface area (TPSA) is 38.3 Å². The highest BCUT2D eigenvalue weighted by atomic mass is 35.5. The van der Waals surface area contributed by atoms with E-state index in [2.05, 4.69) is 12.2 Å². The summed E-state index contributed by atoms with van der Waals surface area (Å²) in [7, 11) is 0. The molecule has 88 valence electrons. The second kappa shape index (κ2) is 7.07. The summed E-state index contributed by atoms with van der Waals surface area (Å²) in [6, 6.07) is 0. The summed E-state index contributed by atoms with van der Waals surface area (Å²) in [5, 5.41) is 2.98. The molecule has 0 aromatic rings. The average molecular weight is 234 g/mol. The van der Waals surface area contributed by atoms with Gasteiger partial charge in [-0.15, -0.1) is 11.6 Å².